The fourth-order valence-electron chi connectivity index (χ4n) is 2.80. The van der Waals surface area contributed by atoms with Gasteiger partial charge in [-0.15, -0.1) is 0 Å². The van der Waals surface area contributed by atoms with Gasteiger partial charge in [0.15, 0.2) is 0 Å². The van der Waals surface area contributed by atoms with E-state index in [1.807, 2.05) is 35.2 Å². The Morgan fingerprint density at radius 2 is 1.59 bits per heavy atom. The lowest BCUT2D eigenvalue weighted by atomic mass is 10.2. The number of hydrogen-bond acceptors (Lipinski definition) is 8. The normalized spacial score (nSPS) is 10.9. The van der Waals surface area contributed by atoms with Crippen molar-refractivity contribution in [1.29, 1.82) is 5.41 Å². The van der Waals surface area contributed by atoms with Crippen LogP contribution in [0.1, 0.15) is 33.4 Å². The maximum absolute atomic E-state index is 9.58. The quantitative estimate of drug-likeness (QED) is 0.477. The maximum Gasteiger partial charge on any atom is 0.124 e. The molecule has 32 heavy (non-hydrogen) atoms. The van der Waals surface area contributed by atoms with Crippen LogP contribution in [0.4, 0.5) is 11.4 Å². The van der Waals surface area contributed by atoms with Gasteiger partial charge in [-0.1, -0.05) is 0 Å². The number of aromatic nitrogens is 2. The third kappa shape index (κ3) is 7.18. The first-order valence-electron chi connectivity index (χ1n) is 10.2. The van der Waals surface area contributed by atoms with Gasteiger partial charge in [0.2, 0.25) is 0 Å². The summed E-state index contributed by atoms with van der Waals surface area (Å²) >= 11 is 0. The molecule has 1 heterocycles. The molecule has 3 aromatic rings. The minimum atomic E-state index is -0.500. The summed E-state index contributed by atoms with van der Waals surface area (Å²) in [5, 5.41) is 25.9. The molecule has 0 saturated carbocycles. The Balaban J connectivity index is 0.000000654. The average Bonchev–Trinajstić information content (AvgIpc) is 2.75. The van der Waals surface area contributed by atoms with E-state index in [2.05, 4.69) is 9.97 Å². The molecule has 0 spiro atoms. The summed E-state index contributed by atoms with van der Waals surface area (Å²) in [6.07, 6.45) is 1.60. The largest absolute Gasteiger partial charge is 0.497 e. The summed E-state index contributed by atoms with van der Waals surface area (Å²) in [6.45, 7) is 7.27. The summed E-state index contributed by atoms with van der Waals surface area (Å²) < 4.78 is 10.7. The Labute approximate surface area is 189 Å². The molecule has 0 atom stereocenters. The molecule has 0 amide bonds. The molecular weight excluding hydrogens is 408 g/mol. The zero-order chi connectivity index (χ0) is 23.9. The molecule has 0 aliphatic rings. The van der Waals surface area contributed by atoms with Gasteiger partial charge in [-0.3, -0.25) is 4.98 Å². The van der Waals surface area contributed by atoms with E-state index < -0.39 is 5.60 Å². The van der Waals surface area contributed by atoms with Crippen LogP contribution < -0.4 is 14.4 Å². The topological polar surface area (TPSA) is 112 Å². The van der Waals surface area contributed by atoms with Gasteiger partial charge >= 0.3 is 0 Å². The van der Waals surface area contributed by atoms with Crippen LogP contribution in [-0.2, 0) is 0 Å². The molecule has 3 N–H and O–H groups in total. The van der Waals surface area contributed by atoms with Crippen LogP contribution in [0.5, 0.6) is 11.5 Å². The fourth-order valence-corrected chi connectivity index (χ4v) is 2.80. The molecule has 0 saturated heterocycles. The number of nitrogens with one attached hydrogen (secondary N) is 1. The van der Waals surface area contributed by atoms with Crippen molar-refractivity contribution in [2.45, 2.75) is 33.3 Å². The van der Waals surface area contributed by atoms with Gasteiger partial charge in [-0.05, 0) is 45.9 Å². The number of ether oxygens (including phenoxy) is 2. The van der Waals surface area contributed by atoms with Crippen molar-refractivity contribution in [3.05, 3.63) is 48.3 Å². The minimum absolute atomic E-state index is 0.0249. The Hall–Kier alpha value is -3.23. The smallest absolute Gasteiger partial charge is 0.124 e. The van der Waals surface area contributed by atoms with E-state index in [-0.39, 0.29) is 6.61 Å². The first-order valence-corrected chi connectivity index (χ1v) is 10.2. The molecule has 8 heteroatoms. The summed E-state index contributed by atoms with van der Waals surface area (Å²) in [5.41, 5.74) is 3.51. The lowest BCUT2D eigenvalue weighted by molar-refractivity contribution is 0.102. The van der Waals surface area contributed by atoms with Crippen LogP contribution in [0.3, 0.4) is 0 Å². The summed E-state index contributed by atoms with van der Waals surface area (Å²) in [6, 6.07) is 11.3. The number of methoxy groups -OCH3 is 2. The highest BCUT2D eigenvalue weighted by molar-refractivity contribution is 5.95. The molecule has 0 unspecified atom stereocenters. The Bertz CT molecular complexity index is 1040. The minimum Gasteiger partial charge on any atom is -0.497 e. The summed E-state index contributed by atoms with van der Waals surface area (Å²) in [4.78, 5) is 10.8. The molecule has 2 aromatic carbocycles. The molecule has 172 valence electrons. The summed E-state index contributed by atoms with van der Waals surface area (Å²) in [7, 11) is 3.20. The number of rotatable bonds is 7. The van der Waals surface area contributed by atoms with E-state index >= 15 is 0 Å². The number of fused-ring (bicyclic) bond motifs is 1. The zero-order valence-electron chi connectivity index (χ0n) is 19.5. The predicted molar refractivity (Wildman–Crippen MR) is 128 cm³/mol. The van der Waals surface area contributed by atoms with Gasteiger partial charge in [0.25, 0.3) is 0 Å². The first kappa shape index (κ1) is 25.0. The number of anilines is 2. The van der Waals surface area contributed by atoms with Crippen molar-refractivity contribution < 1.29 is 19.7 Å². The van der Waals surface area contributed by atoms with E-state index in [1.165, 1.54) is 0 Å². The SMILES string of the molecule is CC(C)(C)O.COc1cc(OC)cc(N(CCO)c2ccc3ncc(C(C)=N)nc3c2)c1. The van der Waals surface area contributed by atoms with Crippen molar-refractivity contribution in [2.24, 2.45) is 0 Å². The molecule has 0 aliphatic carbocycles. The van der Waals surface area contributed by atoms with Crippen LogP contribution in [0.15, 0.2) is 42.6 Å². The highest BCUT2D eigenvalue weighted by atomic mass is 16.5. The van der Waals surface area contributed by atoms with Crippen molar-refractivity contribution in [3.8, 4) is 11.5 Å². The number of nitrogens with zero attached hydrogens (tertiary/aromatic N) is 3. The molecule has 3 rings (SSSR count). The molecule has 0 radical (unpaired) electrons. The molecule has 8 nitrogen and oxygen atoms in total. The van der Waals surface area contributed by atoms with Crippen LogP contribution in [0, 0.1) is 5.41 Å². The second-order valence-corrected chi connectivity index (χ2v) is 8.17. The van der Waals surface area contributed by atoms with Gasteiger partial charge in [-0.2, -0.15) is 0 Å². The highest BCUT2D eigenvalue weighted by Crippen LogP contribution is 2.33. The monoisotopic (exact) mass is 440 g/mol. The molecule has 0 bridgehead atoms. The average molecular weight is 441 g/mol. The Kier molecular flexibility index (Phi) is 8.51. The lowest BCUT2D eigenvalue weighted by Crippen LogP contribution is -2.21. The molecular formula is C24H32N4O4. The Morgan fingerprint density at radius 1 is 1.00 bits per heavy atom. The van der Waals surface area contributed by atoms with Gasteiger partial charge in [0, 0.05) is 36.1 Å². The standard InChI is InChI=1S/C20H22N4O3.C4H10O/c1-13(21)20-12-22-18-5-4-14(10-19(18)23-20)24(6-7-25)15-8-16(26-2)11-17(9-15)27-3;1-4(2,3)5/h4-5,8-12,21,25H,6-7H2,1-3H3;5H,1-3H3. The van der Waals surface area contributed by atoms with Crippen LogP contribution in [0.2, 0.25) is 0 Å². The third-order valence-electron chi connectivity index (χ3n) is 4.19. The third-order valence-corrected chi connectivity index (χ3v) is 4.19. The van der Waals surface area contributed by atoms with Crippen LogP contribution in [0.25, 0.3) is 11.0 Å². The Morgan fingerprint density at radius 3 is 2.09 bits per heavy atom. The number of hydrogen-bond donors (Lipinski definition) is 3. The van der Waals surface area contributed by atoms with Crippen LogP contribution in [-0.4, -0.2) is 58.9 Å². The fraction of sp³-hybridized carbons (Fsp3) is 0.375. The van der Waals surface area contributed by atoms with Crippen molar-refractivity contribution >= 4 is 28.1 Å². The lowest BCUT2D eigenvalue weighted by Gasteiger charge is -2.25. The van der Waals surface area contributed by atoms with Gasteiger partial charge in [0.1, 0.15) is 17.2 Å². The van der Waals surface area contributed by atoms with E-state index in [4.69, 9.17) is 20.0 Å². The molecule has 0 fully saturated rings. The van der Waals surface area contributed by atoms with E-state index in [9.17, 15) is 5.11 Å². The first-order chi connectivity index (χ1) is 15.0. The number of aliphatic hydroxyl groups is 2. The van der Waals surface area contributed by atoms with E-state index in [0.717, 1.165) is 16.9 Å². The number of benzene rings is 2. The van der Waals surface area contributed by atoms with Gasteiger partial charge < -0.3 is 30.0 Å². The van der Waals surface area contributed by atoms with Gasteiger partial charge in [-0.25, -0.2) is 4.98 Å². The van der Waals surface area contributed by atoms with E-state index in [1.54, 1.807) is 54.2 Å². The highest BCUT2D eigenvalue weighted by Gasteiger charge is 2.14. The zero-order valence-corrected chi connectivity index (χ0v) is 19.5. The predicted octanol–water partition coefficient (Wildman–Crippen LogP) is 3.94. The van der Waals surface area contributed by atoms with Crippen molar-refractivity contribution in [3.63, 3.8) is 0 Å². The van der Waals surface area contributed by atoms with Crippen molar-refractivity contribution in [1.82, 2.24) is 9.97 Å². The second kappa shape index (κ2) is 10.9. The van der Waals surface area contributed by atoms with Gasteiger partial charge in [0.05, 0.1) is 49.4 Å². The second-order valence-electron chi connectivity index (χ2n) is 8.17. The molecule has 1 aromatic heterocycles. The summed E-state index contributed by atoms with van der Waals surface area (Å²) in [5.74, 6) is 1.32. The molecule has 0 aliphatic heterocycles. The maximum atomic E-state index is 9.58. The van der Waals surface area contributed by atoms with E-state index in [0.29, 0.717) is 35.0 Å². The van der Waals surface area contributed by atoms with Crippen LogP contribution >= 0.6 is 0 Å². The number of aliphatic hydroxyl groups excluding tert-OH is 1. The van der Waals surface area contributed by atoms with Crippen molar-refractivity contribution in [2.75, 3.05) is 32.3 Å².